The van der Waals surface area contributed by atoms with E-state index in [0.717, 1.165) is 11.8 Å². The van der Waals surface area contributed by atoms with Gasteiger partial charge in [0.15, 0.2) is 16.4 Å². The van der Waals surface area contributed by atoms with Gasteiger partial charge in [-0.3, -0.25) is 4.79 Å². The minimum Gasteiger partial charge on any atom is -0.454 e. The number of ketones is 1. The Morgan fingerprint density at radius 3 is 2.66 bits per heavy atom. The number of hydrogen-bond donors (Lipinski definition) is 0. The lowest BCUT2D eigenvalue weighted by atomic mass is 10.1. The highest BCUT2D eigenvalue weighted by atomic mass is 32.2. The Morgan fingerprint density at radius 2 is 2.00 bits per heavy atom. The Morgan fingerprint density at radius 1 is 1.28 bits per heavy atom. The molecule has 0 amide bonds. The van der Waals surface area contributed by atoms with Crippen molar-refractivity contribution in [1.29, 1.82) is 0 Å². The fourth-order valence-corrected chi connectivity index (χ4v) is 5.33. The quantitative estimate of drug-likeness (QED) is 0.408. The zero-order valence-corrected chi connectivity index (χ0v) is 17.0. The number of carbonyl (C=O) groups excluding carboxylic acids is 2. The molecule has 0 unspecified atom stereocenters. The number of halogens is 1. The van der Waals surface area contributed by atoms with E-state index in [9.17, 15) is 22.4 Å². The van der Waals surface area contributed by atoms with E-state index in [1.807, 2.05) is 11.5 Å². The second-order valence-electron chi connectivity index (χ2n) is 7.10. The monoisotopic (exact) mass is 419 g/mol. The molecule has 1 fully saturated rings. The zero-order chi connectivity index (χ0) is 21.2. The van der Waals surface area contributed by atoms with E-state index in [2.05, 4.69) is 0 Å². The first-order chi connectivity index (χ1) is 13.7. The number of carbonyl (C=O) groups is 2. The van der Waals surface area contributed by atoms with Crippen molar-refractivity contribution >= 4 is 27.7 Å². The van der Waals surface area contributed by atoms with Gasteiger partial charge in [0, 0.05) is 34.6 Å². The van der Waals surface area contributed by atoms with Crippen molar-refractivity contribution in [3.05, 3.63) is 64.7 Å². The van der Waals surface area contributed by atoms with Crippen molar-refractivity contribution in [1.82, 2.24) is 4.57 Å². The highest BCUT2D eigenvalue weighted by Crippen LogP contribution is 2.29. The third kappa shape index (κ3) is 4.82. The van der Waals surface area contributed by atoms with Gasteiger partial charge >= 0.3 is 5.97 Å². The maximum absolute atomic E-state index is 13.5. The van der Waals surface area contributed by atoms with Crippen molar-refractivity contribution < 1.29 is 27.1 Å². The summed E-state index contributed by atoms with van der Waals surface area (Å²) >= 11 is 0. The Hall–Kier alpha value is -2.74. The predicted molar refractivity (Wildman–Crippen MR) is 107 cm³/mol. The van der Waals surface area contributed by atoms with Crippen LogP contribution in [0.4, 0.5) is 4.39 Å². The smallest absolute Gasteiger partial charge is 0.331 e. The molecule has 1 aromatic carbocycles. The lowest BCUT2D eigenvalue weighted by Gasteiger charge is -2.16. The van der Waals surface area contributed by atoms with Gasteiger partial charge in [0.2, 0.25) is 5.78 Å². The third-order valence-corrected chi connectivity index (χ3v) is 6.76. The van der Waals surface area contributed by atoms with Crippen LogP contribution in [0, 0.1) is 19.7 Å². The van der Waals surface area contributed by atoms with Crippen LogP contribution in [0.5, 0.6) is 0 Å². The minimum absolute atomic E-state index is 0.0623. The molecule has 2 aromatic rings. The second-order valence-corrected chi connectivity index (χ2v) is 9.33. The number of benzene rings is 1. The Bertz CT molecular complexity index is 1080. The first-order valence-corrected chi connectivity index (χ1v) is 11.0. The van der Waals surface area contributed by atoms with Crippen LogP contribution in [0.2, 0.25) is 0 Å². The van der Waals surface area contributed by atoms with E-state index in [-0.39, 0.29) is 28.9 Å². The highest BCUT2D eigenvalue weighted by Gasteiger charge is 2.31. The van der Waals surface area contributed by atoms with E-state index in [0.29, 0.717) is 17.7 Å². The molecule has 0 N–H and O–H groups in total. The Balaban J connectivity index is 1.65. The van der Waals surface area contributed by atoms with Crippen LogP contribution in [0.25, 0.3) is 6.08 Å². The molecule has 3 rings (SSSR count). The summed E-state index contributed by atoms with van der Waals surface area (Å²) in [6.45, 7) is 3.12. The molecule has 0 aliphatic carbocycles. The fourth-order valence-electron chi connectivity index (χ4n) is 3.63. The molecule has 0 radical (unpaired) electrons. The lowest BCUT2D eigenvalue weighted by molar-refractivity contribution is -0.136. The van der Waals surface area contributed by atoms with Gasteiger partial charge in [-0.05, 0) is 38.5 Å². The SMILES string of the molecule is Cc1cc(C(=O)COC(=O)/C=C/c2ccccc2F)c(C)n1[C@@H]1CCS(=O)(=O)C1. The topological polar surface area (TPSA) is 82.4 Å². The van der Waals surface area contributed by atoms with Crippen LogP contribution in [0.3, 0.4) is 0 Å². The molecule has 1 aliphatic rings. The predicted octanol–water partition coefficient (Wildman–Crippen LogP) is 3.04. The summed E-state index contributed by atoms with van der Waals surface area (Å²) in [6, 6.07) is 7.48. The van der Waals surface area contributed by atoms with Crippen molar-refractivity contribution in [2.75, 3.05) is 18.1 Å². The van der Waals surface area contributed by atoms with Crippen LogP contribution in [0.15, 0.2) is 36.4 Å². The van der Waals surface area contributed by atoms with Crippen LogP contribution < -0.4 is 0 Å². The van der Waals surface area contributed by atoms with Gasteiger partial charge in [-0.2, -0.15) is 0 Å². The zero-order valence-electron chi connectivity index (χ0n) is 16.2. The maximum Gasteiger partial charge on any atom is 0.331 e. The number of sulfone groups is 1. The van der Waals surface area contributed by atoms with Crippen LogP contribution in [0.1, 0.15) is 39.8 Å². The number of esters is 1. The first kappa shape index (κ1) is 21.0. The van der Waals surface area contributed by atoms with Gasteiger partial charge in [-0.1, -0.05) is 18.2 Å². The number of rotatable bonds is 6. The largest absolute Gasteiger partial charge is 0.454 e. The van der Waals surface area contributed by atoms with Crippen molar-refractivity contribution in [3.63, 3.8) is 0 Å². The Labute approximate surface area is 168 Å². The number of ether oxygens (including phenoxy) is 1. The van der Waals surface area contributed by atoms with Crippen LogP contribution in [-0.4, -0.2) is 42.9 Å². The van der Waals surface area contributed by atoms with Crippen molar-refractivity contribution in [3.8, 4) is 0 Å². The average Bonchev–Trinajstić information content (AvgIpc) is 3.17. The summed E-state index contributed by atoms with van der Waals surface area (Å²) in [5, 5.41) is 0. The minimum atomic E-state index is -3.05. The number of aryl methyl sites for hydroxylation is 1. The molecule has 1 saturated heterocycles. The average molecular weight is 419 g/mol. The van der Waals surface area contributed by atoms with E-state index < -0.39 is 28.2 Å². The van der Waals surface area contributed by atoms with Gasteiger partial charge in [0.25, 0.3) is 0 Å². The van der Waals surface area contributed by atoms with E-state index in [1.165, 1.54) is 18.2 Å². The Kier molecular flexibility index (Phi) is 6.02. The van der Waals surface area contributed by atoms with Crippen molar-refractivity contribution in [2.45, 2.75) is 26.3 Å². The van der Waals surface area contributed by atoms with Gasteiger partial charge in [-0.15, -0.1) is 0 Å². The number of aromatic nitrogens is 1. The molecule has 29 heavy (non-hydrogen) atoms. The normalized spacial score (nSPS) is 18.2. The molecule has 1 aliphatic heterocycles. The van der Waals surface area contributed by atoms with E-state index in [1.54, 1.807) is 25.1 Å². The molecule has 2 heterocycles. The summed E-state index contributed by atoms with van der Waals surface area (Å²) in [7, 11) is -3.05. The van der Waals surface area contributed by atoms with Crippen LogP contribution in [-0.2, 0) is 19.4 Å². The molecular weight excluding hydrogens is 397 g/mol. The molecule has 8 heteroatoms. The molecule has 0 spiro atoms. The molecule has 1 aromatic heterocycles. The number of hydrogen-bond acceptors (Lipinski definition) is 5. The summed E-state index contributed by atoms with van der Waals surface area (Å²) in [5.41, 5.74) is 2.09. The molecule has 154 valence electrons. The highest BCUT2D eigenvalue weighted by molar-refractivity contribution is 7.91. The summed E-state index contributed by atoms with van der Waals surface area (Å²) in [4.78, 5) is 24.4. The first-order valence-electron chi connectivity index (χ1n) is 9.19. The number of nitrogens with zero attached hydrogens (tertiary/aromatic N) is 1. The second kappa shape index (κ2) is 8.32. The van der Waals surface area contributed by atoms with Gasteiger partial charge < -0.3 is 9.30 Å². The molecule has 0 bridgehead atoms. The third-order valence-electron chi connectivity index (χ3n) is 5.01. The fraction of sp³-hybridized carbons (Fsp3) is 0.333. The summed E-state index contributed by atoms with van der Waals surface area (Å²) in [6.07, 6.45) is 2.87. The standard InChI is InChI=1S/C21H22FNO5S/c1-14-11-18(15(2)23(14)17-9-10-29(26,27)13-17)20(24)12-28-21(25)8-7-16-5-3-4-6-19(16)22/h3-8,11,17H,9-10,12-13H2,1-2H3/b8-7+/t17-/m1/s1. The van der Waals surface area contributed by atoms with Crippen LogP contribution >= 0.6 is 0 Å². The molecule has 1 atom stereocenters. The van der Waals surface area contributed by atoms with Gasteiger partial charge in [-0.25, -0.2) is 17.6 Å². The number of Topliss-reactive ketones (excluding diaryl/α,β-unsaturated/α-hetero) is 1. The summed E-state index contributed by atoms with van der Waals surface area (Å²) < 4.78 is 43.9. The van der Waals surface area contributed by atoms with Crippen molar-refractivity contribution in [2.24, 2.45) is 0 Å². The van der Waals surface area contributed by atoms with Gasteiger partial charge in [0.05, 0.1) is 11.5 Å². The molecule has 6 nitrogen and oxygen atoms in total. The van der Waals surface area contributed by atoms with E-state index >= 15 is 0 Å². The van der Waals surface area contributed by atoms with Gasteiger partial charge in [0.1, 0.15) is 5.82 Å². The maximum atomic E-state index is 13.5. The lowest BCUT2D eigenvalue weighted by Crippen LogP contribution is -2.16. The molecule has 0 saturated carbocycles. The molecular formula is C21H22FNO5S. The summed E-state index contributed by atoms with van der Waals surface area (Å²) in [5.74, 6) is -1.39. The van der Waals surface area contributed by atoms with E-state index in [4.69, 9.17) is 4.74 Å².